The fourth-order valence-corrected chi connectivity index (χ4v) is 9.83. The fourth-order valence-electron chi connectivity index (χ4n) is 9.83. The molecule has 0 aliphatic heterocycles. The molecule has 1 unspecified atom stereocenters. The third kappa shape index (κ3) is 2.79. The number of nitriles is 2. The molecule has 5 nitrogen and oxygen atoms in total. The van der Waals surface area contributed by atoms with E-state index in [2.05, 4.69) is 46.8 Å². The predicted octanol–water partition coefficient (Wildman–Crippen LogP) is 5.70. The third-order valence-corrected chi connectivity index (χ3v) is 12.3. The lowest BCUT2D eigenvalue weighted by molar-refractivity contribution is -0.174. The van der Waals surface area contributed by atoms with Crippen LogP contribution in [0, 0.1) is 72.9 Å². The van der Waals surface area contributed by atoms with Crippen LogP contribution in [0.15, 0.2) is 23.3 Å². The lowest BCUT2D eigenvalue weighted by atomic mass is 9.34. The van der Waals surface area contributed by atoms with Crippen molar-refractivity contribution in [2.75, 3.05) is 0 Å². The first kappa shape index (κ1) is 25.4. The van der Waals surface area contributed by atoms with Gasteiger partial charge in [-0.1, -0.05) is 60.1 Å². The molecule has 0 amide bonds. The highest BCUT2D eigenvalue weighted by atomic mass is 16.3. The summed E-state index contributed by atoms with van der Waals surface area (Å²) in [5.74, 6) is -0.356. The van der Waals surface area contributed by atoms with Crippen LogP contribution >= 0.6 is 0 Å². The molecule has 0 bridgehead atoms. The molecule has 1 N–H and O–H groups in total. The third-order valence-electron chi connectivity index (χ3n) is 12.3. The van der Waals surface area contributed by atoms with E-state index >= 15 is 0 Å². The van der Waals surface area contributed by atoms with Gasteiger partial charge in [0, 0.05) is 16.7 Å². The number of nitrogens with zero attached hydrogens (tertiary/aromatic N) is 2. The summed E-state index contributed by atoms with van der Waals surface area (Å²) in [4.78, 5) is 27.4. The van der Waals surface area contributed by atoms with E-state index in [-0.39, 0.29) is 51.1 Å². The molecule has 0 radical (unpaired) electrons. The zero-order valence-corrected chi connectivity index (χ0v) is 22.9. The van der Waals surface area contributed by atoms with Gasteiger partial charge in [-0.3, -0.25) is 9.59 Å². The highest BCUT2D eigenvalue weighted by Crippen LogP contribution is 2.74. The van der Waals surface area contributed by atoms with Crippen molar-refractivity contribution in [2.45, 2.75) is 93.1 Å². The Balaban J connectivity index is 1.70. The second kappa shape index (κ2) is 7.20. The van der Waals surface area contributed by atoms with Crippen LogP contribution in [0.1, 0.15) is 87.0 Å². The summed E-state index contributed by atoms with van der Waals surface area (Å²) in [6.07, 6.45) is 7.45. The maximum atomic E-state index is 14.2. The maximum absolute atomic E-state index is 14.2. The van der Waals surface area contributed by atoms with E-state index in [1.165, 1.54) is 0 Å². The quantitative estimate of drug-likeness (QED) is 0.471. The second-order valence-corrected chi connectivity index (χ2v) is 14.6. The van der Waals surface area contributed by atoms with Crippen LogP contribution < -0.4 is 0 Å². The number of ketones is 2. The van der Waals surface area contributed by atoms with Crippen LogP contribution in [-0.2, 0) is 9.59 Å². The van der Waals surface area contributed by atoms with Gasteiger partial charge in [-0.2, -0.15) is 10.5 Å². The Morgan fingerprint density at radius 2 is 1.64 bits per heavy atom. The number of fused-ring (bicyclic) bond motifs is 7. The van der Waals surface area contributed by atoms with E-state index < -0.39 is 22.3 Å². The molecule has 0 spiro atoms. The van der Waals surface area contributed by atoms with E-state index in [0.717, 1.165) is 24.8 Å². The second-order valence-electron chi connectivity index (χ2n) is 14.6. The van der Waals surface area contributed by atoms with Crippen molar-refractivity contribution in [2.24, 2.45) is 50.2 Å². The number of allylic oxidation sites excluding steroid dienone is 4. The molecule has 0 saturated heterocycles. The summed E-state index contributed by atoms with van der Waals surface area (Å²) in [5, 5.41) is 31.1. The summed E-state index contributed by atoms with van der Waals surface area (Å²) >= 11 is 0. The Morgan fingerprint density at radius 3 is 2.25 bits per heavy atom. The number of aliphatic hydroxyl groups excluding tert-OH is 1. The molecule has 0 aromatic rings. The minimum atomic E-state index is -0.677. The summed E-state index contributed by atoms with van der Waals surface area (Å²) in [5.41, 5.74) is -1.60. The molecule has 0 heterocycles. The zero-order valence-electron chi connectivity index (χ0n) is 22.9. The van der Waals surface area contributed by atoms with Crippen LogP contribution in [0.5, 0.6) is 0 Å². The number of carbonyl (C=O) groups excluding carboxylic acids is 2. The molecule has 192 valence electrons. The van der Waals surface area contributed by atoms with Gasteiger partial charge >= 0.3 is 0 Å². The molecular weight excluding hydrogens is 448 g/mol. The fraction of sp³-hybridized carbons (Fsp3) is 0.742. The van der Waals surface area contributed by atoms with Crippen molar-refractivity contribution in [3.05, 3.63) is 23.3 Å². The lowest BCUT2D eigenvalue weighted by Gasteiger charge is -2.68. The van der Waals surface area contributed by atoms with Crippen molar-refractivity contribution >= 4 is 11.6 Å². The Hall–Kier alpha value is -2.24. The molecule has 3 saturated carbocycles. The van der Waals surface area contributed by atoms with Gasteiger partial charge in [0.25, 0.3) is 0 Å². The highest BCUT2D eigenvalue weighted by Gasteiger charge is 2.70. The molecular formula is C31H40N2O3. The van der Waals surface area contributed by atoms with Crippen molar-refractivity contribution in [1.29, 1.82) is 10.5 Å². The normalized spacial score (nSPS) is 48.6. The summed E-state index contributed by atoms with van der Waals surface area (Å²) < 4.78 is 0. The molecule has 5 heteroatoms. The van der Waals surface area contributed by atoms with Crippen LogP contribution in [0.2, 0.25) is 0 Å². The summed E-state index contributed by atoms with van der Waals surface area (Å²) in [7, 11) is 0. The smallest absolute Gasteiger partial charge is 0.178 e. The number of hydrogen-bond donors (Lipinski definition) is 1. The van der Waals surface area contributed by atoms with E-state index in [4.69, 9.17) is 0 Å². The predicted molar refractivity (Wildman–Crippen MR) is 136 cm³/mol. The molecule has 5 aliphatic carbocycles. The minimum absolute atomic E-state index is 0.0208. The topological polar surface area (TPSA) is 102 Å². The van der Waals surface area contributed by atoms with E-state index in [0.29, 0.717) is 19.3 Å². The molecule has 3 fully saturated rings. The largest absolute Gasteiger partial charge is 0.393 e. The monoisotopic (exact) mass is 488 g/mol. The molecule has 0 aromatic heterocycles. The Bertz CT molecular complexity index is 1210. The highest BCUT2D eigenvalue weighted by molar-refractivity contribution is 6.04. The van der Waals surface area contributed by atoms with Gasteiger partial charge in [0.05, 0.1) is 23.2 Å². The number of Topliss-reactive ketones (excluding diaryl/α,β-unsaturated/α-hetero) is 1. The van der Waals surface area contributed by atoms with E-state index in [1.54, 1.807) is 0 Å². The first-order valence-corrected chi connectivity index (χ1v) is 13.6. The van der Waals surface area contributed by atoms with E-state index in [9.17, 15) is 25.2 Å². The number of carbonyl (C=O) groups is 2. The first-order chi connectivity index (χ1) is 16.5. The average molecular weight is 489 g/mol. The summed E-state index contributed by atoms with van der Waals surface area (Å²) in [6.45, 7) is 14.7. The molecule has 5 aliphatic rings. The van der Waals surface area contributed by atoms with Gasteiger partial charge in [-0.25, -0.2) is 0 Å². The van der Waals surface area contributed by atoms with Gasteiger partial charge in [0.15, 0.2) is 11.6 Å². The van der Waals surface area contributed by atoms with Gasteiger partial charge in [-0.05, 0) is 72.7 Å². The first-order valence-electron chi connectivity index (χ1n) is 13.6. The summed E-state index contributed by atoms with van der Waals surface area (Å²) in [6, 6.07) is 4.76. The van der Waals surface area contributed by atoms with Gasteiger partial charge in [0.2, 0.25) is 0 Å². The number of hydrogen-bond acceptors (Lipinski definition) is 5. The van der Waals surface area contributed by atoms with Crippen LogP contribution in [0.3, 0.4) is 0 Å². The van der Waals surface area contributed by atoms with Gasteiger partial charge in [-0.15, -0.1) is 0 Å². The van der Waals surface area contributed by atoms with Gasteiger partial charge in [0.1, 0.15) is 6.07 Å². The van der Waals surface area contributed by atoms with E-state index in [1.807, 2.05) is 26.0 Å². The van der Waals surface area contributed by atoms with Crippen molar-refractivity contribution in [1.82, 2.24) is 0 Å². The van der Waals surface area contributed by atoms with Crippen molar-refractivity contribution in [3.63, 3.8) is 0 Å². The minimum Gasteiger partial charge on any atom is -0.393 e. The molecule has 36 heavy (non-hydrogen) atoms. The molecule has 5 rings (SSSR count). The number of aliphatic hydroxyl groups is 1. The SMILES string of the molecule is CC1(C)C[C@H]2[C@H]3C(=O)C=C4[C@@]5(C)C=C(C#N)C(=O)C(C)(C)[C@@H]5CC[C@@]4(C)[C@]3(C)CC[C@@]2(C#N)CC1O. The van der Waals surface area contributed by atoms with Crippen LogP contribution in [0.4, 0.5) is 0 Å². The maximum Gasteiger partial charge on any atom is 0.178 e. The van der Waals surface area contributed by atoms with Crippen LogP contribution in [0.25, 0.3) is 0 Å². The van der Waals surface area contributed by atoms with Crippen molar-refractivity contribution < 1.29 is 14.7 Å². The van der Waals surface area contributed by atoms with Crippen LogP contribution in [-0.4, -0.2) is 22.8 Å². The Kier molecular flexibility index (Phi) is 5.08. The van der Waals surface area contributed by atoms with Crippen molar-refractivity contribution in [3.8, 4) is 12.1 Å². The Morgan fingerprint density at radius 1 is 0.972 bits per heavy atom. The number of rotatable bonds is 0. The molecule has 0 aromatic carbocycles. The average Bonchev–Trinajstić information content (AvgIpc) is 2.79. The lowest BCUT2D eigenvalue weighted by Crippen LogP contribution is -2.65. The zero-order chi connectivity index (χ0) is 26.7. The van der Waals surface area contributed by atoms with Gasteiger partial charge < -0.3 is 5.11 Å². The standard InChI is InChI=1S/C31H40N2O3/c1-26(2)14-19-24-20(34)12-22-28(5)13-18(16-32)25(36)27(3,4)21(28)8-9-29(22,6)30(24,7)10-11-31(19,17-33)15-23(26)35/h12-13,19,21,23-24,35H,8-11,14-15H2,1-7H3/t19-,21-,23?,24-,28-,29+,30+,31-/m0/s1. The molecule has 8 atom stereocenters. The Labute approximate surface area is 215 Å².